The van der Waals surface area contributed by atoms with Crippen molar-refractivity contribution in [1.82, 2.24) is 14.7 Å². The standard InChI is InChI=1S/C36H34N4O4/c1-23(2)44-30-15-16-31(24(3)19-30)34-27(22-40(38-34)28-9-7-6-8-10-28)20-32-25(4)33(21-37)36(42)39(35(32)41)18-17-26-11-13-29(43-5)14-12-26/h6-16,19-20,22-23H,17-18H2,1-5H3/b32-20+. The first kappa shape index (κ1) is 30.1. The number of rotatable bonds is 9. The first-order chi connectivity index (χ1) is 21.2. The Labute approximate surface area is 257 Å². The number of ether oxygens (including phenoxy) is 2. The van der Waals surface area contributed by atoms with Crippen molar-refractivity contribution in [3.8, 4) is 34.5 Å². The zero-order valence-corrected chi connectivity index (χ0v) is 25.5. The summed E-state index contributed by atoms with van der Waals surface area (Å²) >= 11 is 0. The Morgan fingerprint density at radius 2 is 1.66 bits per heavy atom. The molecule has 0 N–H and O–H groups in total. The van der Waals surface area contributed by atoms with E-state index in [0.29, 0.717) is 23.3 Å². The summed E-state index contributed by atoms with van der Waals surface area (Å²) in [7, 11) is 1.60. The van der Waals surface area contributed by atoms with Crippen LogP contribution in [0.3, 0.4) is 0 Å². The number of carbonyl (C=O) groups excluding carboxylic acids is 2. The van der Waals surface area contributed by atoms with Crippen molar-refractivity contribution >= 4 is 17.9 Å². The predicted octanol–water partition coefficient (Wildman–Crippen LogP) is 6.48. The topological polar surface area (TPSA) is 97.5 Å². The third-order valence-electron chi connectivity index (χ3n) is 7.50. The summed E-state index contributed by atoms with van der Waals surface area (Å²) in [5.41, 5.74) is 5.54. The van der Waals surface area contributed by atoms with Gasteiger partial charge in [0.05, 0.1) is 18.9 Å². The maximum absolute atomic E-state index is 13.9. The van der Waals surface area contributed by atoms with Crippen LogP contribution in [0.1, 0.15) is 37.5 Å². The number of benzene rings is 3. The van der Waals surface area contributed by atoms with E-state index >= 15 is 0 Å². The van der Waals surface area contributed by atoms with Gasteiger partial charge in [-0.2, -0.15) is 10.4 Å². The Bertz CT molecular complexity index is 1810. The summed E-state index contributed by atoms with van der Waals surface area (Å²) in [6.07, 6.45) is 4.07. The molecule has 1 aromatic heterocycles. The summed E-state index contributed by atoms with van der Waals surface area (Å²) in [6, 6.07) is 25.0. The molecule has 0 saturated carbocycles. The van der Waals surface area contributed by atoms with Gasteiger partial charge in [-0.3, -0.25) is 14.5 Å². The Kier molecular flexibility index (Phi) is 8.77. The molecule has 8 nitrogen and oxygen atoms in total. The molecule has 8 heteroatoms. The van der Waals surface area contributed by atoms with E-state index in [1.165, 1.54) is 0 Å². The normalized spacial score (nSPS) is 14.4. The molecular formula is C36H34N4O4. The highest BCUT2D eigenvalue weighted by molar-refractivity contribution is 6.19. The van der Waals surface area contributed by atoms with Crippen molar-refractivity contribution < 1.29 is 19.1 Å². The molecule has 0 fully saturated rings. The highest BCUT2D eigenvalue weighted by Gasteiger charge is 2.35. The van der Waals surface area contributed by atoms with Crippen LogP contribution < -0.4 is 9.47 Å². The molecular weight excluding hydrogens is 552 g/mol. The van der Waals surface area contributed by atoms with Gasteiger partial charge in [0.15, 0.2) is 0 Å². The van der Waals surface area contributed by atoms with Crippen LogP contribution in [-0.4, -0.2) is 46.3 Å². The molecule has 0 saturated heterocycles. The molecule has 3 aromatic carbocycles. The molecule has 0 atom stereocenters. The average molecular weight is 587 g/mol. The van der Waals surface area contributed by atoms with Gasteiger partial charge in [0.1, 0.15) is 28.8 Å². The average Bonchev–Trinajstić information content (AvgIpc) is 3.43. The fourth-order valence-electron chi connectivity index (χ4n) is 5.18. The molecule has 222 valence electrons. The van der Waals surface area contributed by atoms with E-state index in [-0.39, 0.29) is 23.8 Å². The summed E-state index contributed by atoms with van der Waals surface area (Å²) in [6.45, 7) is 7.72. The largest absolute Gasteiger partial charge is 0.497 e. The van der Waals surface area contributed by atoms with Crippen molar-refractivity contribution in [3.63, 3.8) is 0 Å². The zero-order valence-electron chi connectivity index (χ0n) is 25.5. The smallest absolute Gasteiger partial charge is 0.271 e. The lowest BCUT2D eigenvalue weighted by Crippen LogP contribution is -2.43. The van der Waals surface area contributed by atoms with Crippen LogP contribution in [0, 0.1) is 18.3 Å². The van der Waals surface area contributed by atoms with E-state index in [4.69, 9.17) is 14.6 Å². The Balaban J connectivity index is 1.58. The Morgan fingerprint density at radius 3 is 2.30 bits per heavy atom. The number of aryl methyl sites for hydroxylation is 1. The predicted molar refractivity (Wildman–Crippen MR) is 169 cm³/mol. The fraction of sp³-hybridized carbons (Fsp3) is 0.222. The fourth-order valence-corrected chi connectivity index (χ4v) is 5.18. The van der Waals surface area contributed by atoms with Gasteiger partial charge in [-0.15, -0.1) is 0 Å². The second kappa shape index (κ2) is 12.8. The highest BCUT2D eigenvalue weighted by Crippen LogP contribution is 2.34. The summed E-state index contributed by atoms with van der Waals surface area (Å²) in [5.74, 6) is 0.446. The molecule has 4 aromatic rings. The number of nitriles is 1. The first-order valence-electron chi connectivity index (χ1n) is 14.4. The summed E-state index contributed by atoms with van der Waals surface area (Å²) in [5, 5.41) is 14.9. The second-order valence-electron chi connectivity index (χ2n) is 10.9. The van der Waals surface area contributed by atoms with E-state index in [2.05, 4.69) is 0 Å². The van der Waals surface area contributed by atoms with Crippen molar-refractivity contribution in [2.24, 2.45) is 0 Å². The molecule has 2 heterocycles. The van der Waals surface area contributed by atoms with Crippen molar-refractivity contribution in [1.29, 1.82) is 5.26 Å². The zero-order chi connectivity index (χ0) is 31.4. The third kappa shape index (κ3) is 6.18. The van der Waals surface area contributed by atoms with Crippen LogP contribution in [-0.2, 0) is 16.0 Å². The van der Waals surface area contributed by atoms with Crippen molar-refractivity contribution in [2.75, 3.05) is 13.7 Å². The van der Waals surface area contributed by atoms with Crippen LogP contribution in [0.25, 0.3) is 23.0 Å². The van der Waals surface area contributed by atoms with Crippen molar-refractivity contribution in [3.05, 3.63) is 112 Å². The van der Waals surface area contributed by atoms with Gasteiger partial charge in [0.25, 0.3) is 11.8 Å². The minimum absolute atomic E-state index is 0.0367. The number of methoxy groups -OCH3 is 1. The van der Waals surface area contributed by atoms with Gasteiger partial charge >= 0.3 is 0 Å². The van der Waals surface area contributed by atoms with Crippen LogP contribution in [0.5, 0.6) is 11.5 Å². The molecule has 0 unspecified atom stereocenters. The van der Waals surface area contributed by atoms with Crippen LogP contribution in [0.4, 0.5) is 0 Å². The van der Waals surface area contributed by atoms with Gasteiger partial charge in [-0.05, 0) is 99.4 Å². The number of amides is 2. The molecule has 1 aliphatic rings. The summed E-state index contributed by atoms with van der Waals surface area (Å²) in [4.78, 5) is 28.3. The van der Waals surface area contributed by atoms with Gasteiger partial charge in [0, 0.05) is 29.4 Å². The van der Waals surface area contributed by atoms with Crippen LogP contribution in [0.2, 0.25) is 0 Å². The lowest BCUT2D eigenvalue weighted by atomic mass is 9.92. The minimum atomic E-state index is -0.586. The molecule has 0 aliphatic carbocycles. The number of hydrogen-bond donors (Lipinski definition) is 0. The number of nitrogens with zero attached hydrogens (tertiary/aromatic N) is 4. The van der Waals surface area contributed by atoms with Crippen LogP contribution >= 0.6 is 0 Å². The number of carbonyl (C=O) groups is 2. The Hall–Kier alpha value is -5.42. The minimum Gasteiger partial charge on any atom is -0.497 e. The van der Waals surface area contributed by atoms with Gasteiger partial charge in [-0.25, -0.2) is 4.68 Å². The lowest BCUT2D eigenvalue weighted by molar-refractivity contribution is -0.140. The molecule has 5 rings (SSSR count). The highest BCUT2D eigenvalue weighted by atomic mass is 16.5. The van der Waals surface area contributed by atoms with E-state index in [0.717, 1.165) is 38.8 Å². The van der Waals surface area contributed by atoms with E-state index < -0.39 is 11.8 Å². The van der Waals surface area contributed by atoms with E-state index in [9.17, 15) is 14.9 Å². The molecule has 0 spiro atoms. The maximum Gasteiger partial charge on any atom is 0.271 e. The maximum atomic E-state index is 13.9. The van der Waals surface area contributed by atoms with Gasteiger partial charge in [0.2, 0.25) is 0 Å². The monoisotopic (exact) mass is 586 g/mol. The molecule has 1 aliphatic heterocycles. The number of hydrogen-bond acceptors (Lipinski definition) is 6. The Morgan fingerprint density at radius 1 is 0.955 bits per heavy atom. The molecule has 44 heavy (non-hydrogen) atoms. The number of para-hydroxylation sites is 1. The number of aromatic nitrogens is 2. The quantitative estimate of drug-likeness (QED) is 0.165. The molecule has 0 radical (unpaired) electrons. The SMILES string of the molecule is COc1ccc(CCN2C(=O)C(C#N)=C(C)/C(=C\c3cn(-c4ccccc4)nc3-c3ccc(OC(C)C)cc3C)C2=O)cc1. The second-order valence-corrected chi connectivity index (χ2v) is 10.9. The molecule has 0 bridgehead atoms. The first-order valence-corrected chi connectivity index (χ1v) is 14.4. The van der Waals surface area contributed by atoms with E-state index in [1.807, 2.05) is 106 Å². The lowest BCUT2D eigenvalue weighted by Gasteiger charge is -2.27. The molecule has 2 amide bonds. The van der Waals surface area contributed by atoms with Crippen molar-refractivity contribution in [2.45, 2.75) is 40.2 Å². The number of imide groups is 1. The van der Waals surface area contributed by atoms with Gasteiger partial charge < -0.3 is 9.47 Å². The van der Waals surface area contributed by atoms with Gasteiger partial charge in [-0.1, -0.05) is 30.3 Å². The van der Waals surface area contributed by atoms with Crippen LogP contribution in [0.15, 0.2) is 95.7 Å². The third-order valence-corrected chi connectivity index (χ3v) is 7.50. The van der Waals surface area contributed by atoms with E-state index in [1.54, 1.807) is 24.8 Å². The summed E-state index contributed by atoms with van der Waals surface area (Å²) < 4.78 is 12.9.